The molecule has 0 aliphatic heterocycles. The summed E-state index contributed by atoms with van der Waals surface area (Å²) in [5.41, 5.74) is 0.616. The Morgan fingerprint density at radius 1 is 1.25 bits per heavy atom. The number of rotatable bonds is 3. The Labute approximate surface area is 133 Å². The minimum absolute atomic E-state index is 0.106. The molecule has 0 saturated heterocycles. The van der Waals surface area contributed by atoms with Crippen molar-refractivity contribution in [3.05, 3.63) is 55.9 Å². The largest absolute Gasteiger partial charge is 0.309 e. The Hall–Kier alpha value is -1.01. The normalized spacial score (nSPS) is 11.1. The van der Waals surface area contributed by atoms with Crippen molar-refractivity contribution < 1.29 is 0 Å². The average molecular weight is 343 g/mol. The molecule has 0 bridgehead atoms. The molecule has 0 saturated carbocycles. The zero-order chi connectivity index (χ0) is 14.1. The Morgan fingerprint density at radius 2 is 2.00 bits per heavy atom. The lowest BCUT2D eigenvalue weighted by Crippen LogP contribution is -2.09. The van der Waals surface area contributed by atoms with Crippen LogP contribution in [-0.4, -0.2) is 9.97 Å². The summed E-state index contributed by atoms with van der Waals surface area (Å²) >= 11 is 15.1. The number of thioether (sulfide) groups is 1. The first-order valence-electron chi connectivity index (χ1n) is 5.68. The molecule has 0 aliphatic carbocycles. The summed E-state index contributed by atoms with van der Waals surface area (Å²) in [6.45, 7) is 0. The van der Waals surface area contributed by atoms with Crippen molar-refractivity contribution in [2.75, 3.05) is 0 Å². The maximum absolute atomic E-state index is 11.9. The van der Waals surface area contributed by atoms with E-state index in [-0.39, 0.29) is 5.56 Å². The van der Waals surface area contributed by atoms with Crippen LogP contribution in [0.1, 0.15) is 5.82 Å². The molecule has 3 nitrogen and oxygen atoms in total. The van der Waals surface area contributed by atoms with Gasteiger partial charge in [0.25, 0.3) is 5.56 Å². The van der Waals surface area contributed by atoms with E-state index in [9.17, 15) is 4.79 Å². The minimum Gasteiger partial charge on any atom is -0.309 e. The summed E-state index contributed by atoms with van der Waals surface area (Å²) in [6.07, 6.45) is 0. The molecule has 0 unspecified atom stereocenters. The van der Waals surface area contributed by atoms with Crippen molar-refractivity contribution in [1.29, 1.82) is 0 Å². The fraction of sp³-hybridized carbons (Fsp3) is 0.0769. The van der Waals surface area contributed by atoms with Crippen LogP contribution in [0.2, 0.25) is 10.0 Å². The summed E-state index contributed by atoms with van der Waals surface area (Å²) in [6, 6.07) is 7.21. The highest BCUT2D eigenvalue weighted by molar-refractivity contribution is 7.98. The Balaban J connectivity index is 1.88. The second kappa shape index (κ2) is 5.77. The van der Waals surface area contributed by atoms with Crippen LogP contribution in [0.4, 0.5) is 0 Å². The van der Waals surface area contributed by atoms with Crippen LogP contribution < -0.4 is 5.56 Å². The third kappa shape index (κ3) is 2.72. The molecule has 0 atom stereocenters. The molecule has 2 heterocycles. The SMILES string of the molecule is O=c1[nH]c(CSc2c(Cl)cccc2Cl)nc2ccsc12. The molecule has 2 aromatic heterocycles. The molecular weight excluding hydrogens is 335 g/mol. The predicted octanol–water partition coefficient (Wildman–Crippen LogP) is 4.58. The van der Waals surface area contributed by atoms with E-state index in [1.165, 1.54) is 23.1 Å². The first-order chi connectivity index (χ1) is 9.65. The molecule has 1 N–H and O–H groups in total. The van der Waals surface area contributed by atoms with E-state index >= 15 is 0 Å². The van der Waals surface area contributed by atoms with Gasteiger partial charge in [-0.05, 0) is 23.6 Å². The van der Waals surface area contributed by atoms with Gasteiger partial charge in [-0.15, -0.1) is 23.1 Å². The molecule has 0 aliphatic rings. The third-order valence-corrected chi connectivity index (χ3v) is 5.54. The van der Waals surface area contributed by atoms with Crippen molar-refractivity contribution in [3.63, 3.8) is 0 Å². The molecule has 1 aromatic carbocycles. The van der Waals surface area contributed by atoms with Crippen LogP contribution in [0.25, 0.3) is 10.2 Å². The number of benzene rings is 1. The molecule has 102 valence electrons. The number of hydrogen-bond donors (Lipinski definition) is 1. The van der Waals surface area contributed by atoms with E-state index in [1.807, 2.05) is 11.4 Å². The number of nitrogens with zero attached hydrogens (tertiary/aromatic N) is 1. The van der Waals surface area contributed by atoms with Crippen LogP contribution in [-0.2, 0) is 5.75 Å². The van der Waals surface area contributed by atoms with Gasteiger partial charge in [-0.1, -0.05) is 29.3 Å². The highest BCUT2D eigenvalue weighted by Gasteiger charge is 2.09. The van der Waals surface area contributed by atoms with Crippen molar-refractivity contribution in [2.45, 2.75) is 10.6 Å². The molecule has 3 aromatic rings. The van der Waals surface area contributed by atoms with Crippen molar-refractivity contribution >= 4 is 56.5 Å². The fourth-order valence-corrected chi connectivity index (χ4v) is 4.03. The average Bonchev–Trinajstić information content (AvgIpc) is 2.87. The highest BCUT2D eigenvalue weighted by Crippen LogP contribution is 2.35. The standard InChI is InChI=1S/C13H8Cl2N2OS2/c14-7-2-1-3-8(15)11(7)20-6-10-16-9-4-5-19-12(9)13(18)17-10/h1-5H,6H2,(H,16,17,18). The Bertz CT molecular complexity index is 808. The fourth-order valence-electron chi connectivity index (χ4n) is 1.75. The Morgan fingerprint density at radius 3 is 2.75 bits per heavy atom. The minimum atomic E-state index is -0.106. The first-order valence-corrected chi connectivity index (χ1v) is 8.30. The van der Waals surface area contributed by atoms with E-state index in [1.54, 1.807) is 18.2 Å². The lowest BCUT2D eigenvalue weighted by molar-refractivity contribution is 1.04. The molecule has 20 heavy (non-hydrogen) atoms. The highest BCUT2D eigenvalue weighted by atomic mass is 35.5. The zero-order valence-electron chi connectivity index (χ0n) is 10.0. The van der Waals surface area contributed by atoms with Gasteiger partial charge in [-0.2, -0.15) is 0 Å². The number of fused-ring (bicyclic) bond motifs is 1. The lowest BCUT2D eigenvalue weighted by atomic mass is 10.4. The summed E-state index contributed by atoms with van der Waals surface area (Å²) in [5.74, 6) is 1.12. The van der Waals surface area contributed by atoms with Crippen LogP contribution in [0.3, 0.4) is 0 Å². The van der Waals surface area contributed by atoms with E-state index in [2.05, 4.69) is 9.97 Å². The number of thiophene rings is 1. The molecule has 0 amide bonds. The zero-order valence-corrected chi connectivity index (χ0v) is 13.2. The third-order valence-electron chi connectivity index (χ3n) is 2.64. The van der Waals surface area contributed by atoms with E-state index in [0.29, 0.717) is 26.3 Å². The lowest BCUT2D eigenvalue weighted by Gasteiger charge is -2.06. The molecule has 0 radical (unpaired) electrons. The summed E-state index contributed by atoms with van der Waals surface area (Å²) in [7, 11) is 0. The number of halogens is 2. The van der Waals surface area contributed by atoms with Crippen molar-refractivity contribution in [2.24, 2.45) is 0 Å². The second-order valence-corrected chi connectivity index (χ2v) is 6.70. The number of aromatic nitrogens is 2. The quantitative estimate of drug-likeness (QED) is 0.708. The molecule has 3 rings (SSSR count). The van der Waals surface area contributed by atoms with Gasteiger partial charge in [0.05, 0.1) is 21.3 Å². The van der Waals surface area contributed by atoms with Crippen LogP contribution in [0, 0.1) is 0 Å². The molecule has 0 spiro atoms. The molecule has 0 fully saturated rings. The topological polar surface area (TPSA) is 45.8 Å². The van der Waals surface area contributed by atoms with Gasteiger partial charge in [0.2, 0.25) is 0 Å². The summed E-state index contributed by atoms with van der Waals surface area (Å²) in [5, 5.41) is 3.05. The van der Waals surface area contributed by atoms with E-state index < -0.39 is 0 Å². The number of nitrogens with one attached hydrogen (secondary N) is 1. The van der Waals surface area contributed by atoms with Crippen molar-refractivity contribution in [1.82, 2.24) is 9.97 Å². The Kier molecular flexibility index (Phi) is 4.03. The van der Waals surface area contributed by atoms with Crippen molar-refractivity contribution in [3.8, 4) is 0 Å². The van der Waals surface area contributed by atoms with Crippen LogP contribution in [0.5, 0.6) is 0 Å². The maximum atomic E-state index is 11.9. The van der Waals surface area contributed by atoms with Gasteiger partial charge in [-0.25, -0.2) is 4.98 Å². The first kappa shape index (κ1) is 13.9. The van der Waals surface area contributed by atoms with Gasteiger partial charge >= 0.3 is 0 Å². The van der Waals surface area contributed by atoms with Gasteiger partial charge in [0.15, 0.2) is 0 Å². The summed E-state index contributed by atoms with van der Waals surface area (Å²) in [4.78, 5) is 19.9. The van der Waals surface area contributed by atoms with Gasteiger partial charge in [0.1, 0.15) is 10.5 Å². The maximum Gasteiger partial charge on any atom is 0.268 e. The monoisotopic (exact) mass is 342 g/mol. The van der Waals surface area contributed by atoms with Crippen LogP contribution >= 0.6 is 46.3 Å². The van der Waals surface area contributed by atoms with Gasteiger partial charge in [-0.3, -0.25) is 4.79 Å². The number of H-pyrrole nitrogens is 1. The van der Waals surface area contributed by atoms with Crippen LogP contribution in [0.15, 0.2) is 39.3 Å². The van der Waals surface area contributed by atoms with E-state index in [0.717, 1.165) is 10.4 Å². The predicted molar refractivity (Wildman–Crippen MR) is 86.3 cm³/mol. The smallest absolute Gasteiger partial charge is 0.268 e. The second-order valence-electron chi connectivity index (χ2n) is 3.99. The van der Waals surface area contributed by atoms with Gasteiger partial charge in [0, 0.05) is 4.90 Å². The summed E-state index contributed by atoms with van der Waals surface area (Å²) < 4.78 is 0.648. The van der Waals surface area contributed by atoms with Gasteiger partial charge < -0.3 is 4.98 Å². The number of aromatic amines is 1. The molecule has 7 heteroatoms. The van der Waals surface area contributed by atoms with E-state index in [4.69, 9.17) is 23.2 Å². The number of hydrogen-bond acceptors (Lipinski definition) is 4. The molecular formula is C13H8Cl2N2OS2.